The number of fused-ring (bicyclic) bond motifs is 6. The molecule has 2 atom stereocenters. The minimum atomic E-state index is -0.289. The summed E-state index contributed by atoms with van der Waals surface area (Å²) in [4.78, 5) is 0. The van der Waals surface area contributed by atoms with E-state index in [0.717, 1.165) is 67.5 Å². The molecule has 2 unspecified atom stereocenters. The smallest absolute Gasteiger partial charge is 0.149 e. The van der Waals surface area contributed by atoms with Crippen LogP contribution in [0.2, 0.25) is 0 Å². The van der Waals surface area contributed by atoms with E-state index in [2.05, 4.69) is 133 Å². The summed E-state index contributed by atoms with van der Waals surface area (Å²) in [6.45, 7) is 0. The van der Waals surface area contributed by atoms with E-state index in [1.165, 1.54) is 21.5 Å². The lowest BCUT2D eigenvalue weighted by Gasteiger charge is -2.30. The van der Waals surface area contributed by atoms with Gasteiger partial charge in [0.15, 0.2) is 0 Å². The van der Waals surface area contributed by atoms with Crippen LogP contribution in [0.1, 0.15) is 45.6 Å². The van der Waals surface area contributed by atoms with Gasteiger partial charge in [0.1, 0.15) is 35.2 Å². The van der Waals surface area contributed by atoms with Gasteiger partial charge >= 0.3 is 0 Å². The van der Waals surface area contributed by atoms with E-state index in [1.54, 1.807) is 14.2 Å². The highest BCUT2D eigenvalue weighted by Gasteiger charge is 2.29. The first-order valence-corrected chi connectivity index (χ1v) is 16.9. The van der Waals surface area contributed by atoms with Crippen molar-refractivity contribution in [2.45, 2.75) is 12.2 Å². The summed E-state index contributed by atoms with van der Waals surface area (Å²) in [6, 6.07) is 50.5. The van der Waals surface area contributed by atoms with Gasteiger partial charge in [-0.15, -0.1) is 0 Å². The summed E-state index contributed by atoms with van der Waals surface area (Å²) in [7, 11) is 3.38. The Bertz CT molecular complexity index is 2260. The van der Waals surface area contributed by atoms with E-state index in [1.807, 2.05) is 24.3 Å². The van der Waals surface area contributed by atoms with Crippen LogP contribution in [-0.4, -0.2) is 14.2 Å². The molecule has 0 saturated carbocycles. The Hall–Kier alpha value is -6.26. The van der Waals surface area contributed by atoms with Gasteiger partial charge in [-0.1, -0.05) is 109 Å². The molecule has 0 fully saturated rings. The summed E-state index contributed by atoms with van der Waals surface area (Å²) >= 11 is 0. The fourth-order valence-electron chi connectivity index (χ4n) is 7.27. The molecule has 0 spiro atoms. The third-order valence-electron chi connectivity index (χ3n) is 9.90. The maximum atomic E-state index is 6.84. The van der Waals surface area contributed by atoms with Gasteiger partial charge in [-0.3, -0.25) is 0 Å². The Morgan fingerprint density at radius 2 is 0.820 bits per heavy atom. The SMILES string of the molecule is COc1ccc(C2Oc3ccc4ccccc4c3C=C2c2ccc(C3=Cc4c(ccc5ccccc45)OC3c3ccc(OC)cc3)cc2)cc1. The number of benzene rings is 7. The molecule has 7 aromatic carbocycles. The lowest BCUT2D eigenvalue weighted by Crippen LogP contribution is -2.15. The summed E-state index contributed by atoms with van der Waals surface area (Å²) in [5, 5.41) is 4.71. The fourth-order valence-corrected chi connectivity index (χ4v) is 7.27. The maximum absolute atomic E-state index is 6.84. The van der Waals surface area contributed by atoms with Crippen molar-refractivity contribution in [1.29, 1.82) is 0 Å². The van der Waals surface area contributed by atoms with Crippen molar-refractivity contribution in [3.05, 3.63) is 179 Å². The van der Waals surface area contributed by atoms with Gasteiger partial charge in [0.2, 0.25) is 0 Å². The third kappa shape index (κ3) is 5.17. The summed E-state index contributed by atoms with van der Waals surface area (Å²) in [6.07, 6.45) is 4.03. The lowest BCUT2D eigenvalue weighted by molar-refractivity contribution is 0.261. The summed E-state index contributed by atoms with van der Waals surface area (Å²) < 4.78 is 24.6. The number of rotatable bonds is 6. The monoisotopic (exact) mass is 650 g/mol. The lowest BCUT2D eigenvalue weighted by atomic mass is 9.86. The molecular weight excluding hydrogens is 617 g/mol. The molecule has 9 rings (SSSR count). The predicted molar refractivity (Wildman–Crippen MR) is 203 cm³/mol. The molecule has 0 radical (unpaired) electrons. The van der Waals surface area contributed by atoms with Gasteiger partial charge in [-0.05, 0) is 92.3 Å². The minimum Gasteiger partial charge on any atom is -0.497 e. The van der Waals surface area contributed by atoms with Crippen molar-refractivity contribution in [3.8, 4) is 23.0 Å². The van der Waals surface area contributed by atoms with Crippen LogP contribution in [0.5, 0.6) is 23.0 Å². The van der Waals surface area contributed by atoms with Gasteiger partial charge in [-0.25, -0.2) is 0 Å². The Morgan fingerprint density at radius 3 is 1.22 bits per heavy atom. The molecule has 2 heterocycles. The molecule has 50 heavy (non-hydrogen) atoms. The van der Waals surface area contributed by atoms with Crippen LogP contribution in [0.3, 0.4) is 0 Å². The van der Waals surface area contributed by atoms with E-state index in [9.17, 15) is 0 Å². The first-order valence-electron chi connectivity index (χ1n) is 16.9. The zero-order valence-electron chi connectivity index (χ0n) is 27.8. The number of ether oxygens (including phenoxy) is 4. The van der Waals surface area contributed by atoms with Gasteiger partial charge in [-0.2, -0.15) is 0 Å². The molecular formula is C46H34O4. The van der Waals surface area contributed by atoms with E-state index in [0.29, 0.717) is 0 Å². The molecule has 242 valence electrons. The molecule has 0 aliphatic carbocycles. The highest BCUT2D eigenvalue weighted by Crippen LogP contribution is 2.47. The van der Waals surface area contributed by atoms with Crippen LogP contribution >= 0.6 is 0 Å². The molecule has 4 nitrogen and oxygen atoms in total. The summed E-state index contributed by atoms with van der Waals surface area (Å²) in [5.74, 6) is 3.38. The van der Waals surface area contributed by atoms with Crippen molar-refractivity contribution in [2.75, 3.05) is 14.2 Å². The standard InChI is InChI=1S/C46H34O4/c1-47-35-21-15-33(16-22-35)45-39(27-41-37-9-5-3-7-29(37)19-25-43(41)49-45)31-11-13-32(14-12-31)40-28-42-38-10-6-4-8-30(38)20-26-44(42)50-46(40)34-17-23-36(48-2)24-18-34/h3-28,45-46H,1-2H3. The third-order valence-corrected chi connectivity index (χ3v) is 9.90. The molecule has 0 saturated heterocycles. The Balaban J connectivity index is 1.17. The zero-order valence-corrected chi connectivity index (χ0v) is 27.8. The van der Waals surface area contributed by atoms with Crippen molar-refractivity contribution >= 4 is 44.8 Å². The van der Waals surface area contributed by atoms with Crippen LogP contribution in [0.15, 0.2) is 146 Å². The molecule has 2 aliphatic rings. The Kier molecular flexibility index (Phi) is 7.35. The van der Waals surface area contributed by atoms with Gasteiger partial charge in [0.05, 0.1) is 14.2 Å². The number of methoxy groups -OCH3 is 2. The van der Waals surface area contributed by atoms with Crippen LogP contribution < -0.4 is 18.9 Å². The van der Waals surface area contributed by atoms with Crippen LogP contribution in [0.4, 0.5) is 0 Å². The molecule has 0 bridgehead atoms. The maximum Gasteiger partial charge on any atom is 0.149 e. The molecule has 0 aromatic heterocycles. The zero-order chi connectivity index (χ0) is 33.6. The van der Waals surface area contributed by atoms with Crippen molar-refractivity contribution in [3.63, 3.8) is 0 Å². The second-order valence-electron chi connectivity index (χ2n) is 12.7. The average molecular weight is 651 g/mol. The molecule has 7 aromatic rings. The number of hydrogen-bond donors (Lipinski definition) is 0. The fraction of sp³-hybridized carbons (Fsp3) is 0.0870. The van der Waals surface area contributed by atoms with Gasteiger partial charge in [0, 0.05) is 22.3 Å². The van der Waals surface area contributed by atoms with Crippen LogP contribution in [0.25, 0.3) is 44.8 Å². The molecule has 4 heteroatoms. The highest BCUT2D eigenvalue weighted by molar-refractivity contribution is 6.01. The first-order chi connectivity index (χ1) is 24.7. The molecule has 0 N–H and O–H groups in total. The number of hydrogen-bond acceptors (Lipinski definition) is 4. The van der Waals surface area contributed by atoms with Crippen molar-refractivity contribution in [1.82, 2.24) is 0 Å². The van der Waals surface area contributed by atoms with Crippen LogP contribution in [0, 0.1) is 0 Å². The van der Waals surface area contributed by atoms with E-state index < -0.39 is 0 Å². The second-order valence-corrected chi connectivity index (χ2v) is 12.7. The van der Waals surface area contributed by atoms with Crippen LogP contribution in [-0.2, 0) is 0 Å². The Morgan fingerprint density at radius 1 is 0.420 bits per heavy atom. The predicted octanol–water partition coefficient (Wildman–Crippen LogP) is 11.4. The summed E-state index contributed by atoms with van der Waals surface area (Å²) in [5.41, 5.74) is 8.70. The van der Waals surface area contributed by atoms with E-state index in [-0.39, 0.29) is 12.2 Å². The van der Waals surface area contributed by atoms with E-state index in [4.69, 9.17) is 18.9 Å². The Labute approximate surface area is 291 Å². The van der Waals surface area contributed by atoms with E-state index >= 15 is 0 Å². The van der Waals surface area contributed by atoms with Gasteiger partial charge < -0.3 is 18.9 Å². The minimum absolute atomic E-state index is 0.289. The topological polar surface area (TPSA) is 36.9 Å². The quantitative estimate of drug-likeness (QED) is 0.179. The molecule has 0 amide bonds. The molecule has 2 aliphatic heterocycles. The normalized spacial score (nSPS) is 16.4. The highest BCUT2D eigenvalue weighted by atomic mass is 16.5. The van der Waals surface area contributed by atoms with Crippen molar-refractivity contribution in [2.24, 2.45) is 0 Å². The largest absolute Gasteiger partial charge is 0.497 e. The van der Waals surface area contributed by atoms with Crippen molar-refractivity contribution < 1.29 is 18.9 Å². The first kappa shape index (κ1) is 29.8. The van der Waals surface area contributed by atoms with Gasteiger partial charge in [0.25, 0.3) is 0 Å². The second kappa shape index (κ2) is 12.3. The average Bonchev–Trinajstić information content (AvgIpc) is 3.20.